The molecule has 1 nitrogen and oxygen atoms in total. The fourth-order valence-corrected chi connectivity index (χ4v) is 3.08. The minimum atomic E-state index is -0.754. The maximum absolute atomic E-state index is 13.4. The van der Waals surface area contributed by atoms with E-state index in [4.69, 9.17) is 0 Å². The van der Waals surface area contributed by atoms with Gasteiger partial charge in [0.1, 0.15) is 11.6 Å². The Kier molecular flexibility index (Phi) is 3.59. The van der Waals surface area contributed by atoms with Crippen LogP contribution in [0.3, 0.4) is 0 Å². The van der Waals surface area contributed by atoms with Gasteiger partial charge in [-0.15, -0.1) is 0 Å². The van der Waals surface area contributed by atoms with Gasteiger partial charge in [-0.2, -0.15) is 11.8 Å². The van der Waals surface area contributed by atoms with Crippen LogP contribution in [0.15, 0.2) is 18.2 Å². The van der Waals surface area contributed by atoms with Crippen LogP contribution in [0, 0.1) is 11.6 Å². The average molecular weight is 242 g/mol. The zero-order valence-corrected chi connectivity index (χ0v) is 9.53. The first-order valence-corrected chi connectivity index (χ1v) is 6.34. The van der Waals surface area contributed by atoms with Crippen LogP contribution < -0.4 is 0 Å². The SMILES string of the molecule is O=C(c1ccc(F)cc1F)C1CCCCS1. The number of thioether (sulfide) groups is 1. The van der Waals surface area contributed by atoms with E-state index in [0.29, 0.717) is 0 Å². The van der Waals surface area contributed by atoms with Crippen molar-refractivity contribution in [2.75, 3.05) is 5.75 Å². The zero-order chi connectivity index (χ0) is 11.5. The number of carbonyl (C=O) groups is 1. The van der Waals surface area contributed by atoms with Crippen molar-refractivity contribution in [3.63, 3.8) is 0 Å². The Morgan fingerprint density at radius 2 is 2.12 bits per heavy atom. The minimum absolute atomic E-state index is 0.0146. The summed E-state index contributed by atoms with van der Waals surface area (Å²) in [6, 6.07) is 3.13. The van der Waals surface area contributed by atoms with Crippen LogP contribution >= 0.6 is 11.8 Å². The van der Waals surface area contributed by atoms with E-state index in [2.05, 4.69) is 0 Å². The lowest BCUT2D eigenvalue weighted by Crippen LogP contribution is -2.22. The van der Waals surface area contributed by atoms with E-state index in [0.717, 1.165) is 37.1 Å². The molecule has 0 N–H and O–H groups in total. The van der Waals surface area contributed by atoms with Gasteiger partial charge < -0.3 is 0 Å². The fraction of sp³-hybridized carbons (Fsp3) is 0.417. The number of benzene rings is 1. The summed E-state index contributed by atoms with van der Waals surface area (Å²) in [6.45, 7) is 0. The third-order valence-corrected chi connectivity index (χ3v) is 4.05. The molecule has 0 saturated carbocycles. The summed E-state index contributed by atoms with van der Waals surface area (Å²) < 4.78 is 26.1. The first-order chi connectivity index (χ1) is 7.68. The van der Waals surface area contributed by atoms with Crippen molar-refractivity contribution < 1.29 is 13.6 Å². The summed E-state index contributed by atoms with van der Waals surface area (Å²) in [4.78, 5) is 11.9. The summed E-state index contributed by atoms with van der Waals surface area (Å²) in [5, 5.41) is -0.159. The van der Waals surface area contributed by atoms with E-state index in [1.807, 2.05) is 0 Å². The van der Waals surface area contributed by atoms with Crippen molar-refractivity contribution in [1.82, 2.24) is 0 Å². The van der Waals surface area contributed by atoms with Gasteiger partial charge in [-0.3, -0.25) is 4.79 Å². The maximum Gasteiger partial charge on any atom is 0.178 e. The molecular weight excluding hydrogens is 230 g/mol. The maximum atomic E-state index is 13.4. The van der Waals surface area contributed by atoms with E-state index in [1.165, 1.54) is 6.07 Å². The second kappa shape index (κ2) is 4.95. The molecule has 1 aromatic carbocycles. The number of Topliss-reactive ketones (excluding diaryl/α,β-unsaturated/α-hetero) is 1. The van der Waals surface area contributed by atoms with Crippen LogP contribution in [0.5, 0.6) is 0 Å². The lowest BCUT2D eigenvalue weighted by molar-refractivity contribution is 0.0981. The molecule has 1 unspecified atom stereocenters. The molecule has 2 rings (SSSR count). The fourth-order valence-electron chi connectivity index (χ4n) is 1.81. The van der Waals surface area contributed by atoms with Gasteiger partial charge in [0.05, 0.1) is 10.8 Å². The van der Waals surface area contributed by atoms with Crippen molar-refractivity contribution in [2.24, 2.45) is 0 Å². The van der Waals surface area contributed by atoms with E-state index >= 15 is 0 Å². The molecule has 0 bridgehead atoms. The third kappa shape index (κ3) is 2.43. The molecule has 1 aromatic rings. The molecule has 1 saturated heterocycles. The standard InChI is InChI=1S/C12H12F2OS/c13-8-4-5-9(10(14)7-8)12(15)11-3-1-2-6-16-11/h4-5,7,11H,1-3,6H2. The van der Waals surface area contributed by atoms with Crippen LogP contribution in [-0.4, -0.2) is 16.8 Å². The molecule has 0 aromatic heterocycles. The Hall–Kier alpha value is -0.900. The van der Waals surface area contributed by atoms with E-state index < -0.39 is 11.6 Å². The Morgan fingerprint density at radius 1 is 1.31 bits per heavy atom. The molecule has 0 aliphatic carbocycles. The number of carbonyl (C=O) groups excluding carboxylic acids is 1. The molecule has 1 aliphatic rings. The van der Waals surface area contributed by atoms with Crippen molar-refractivity contribution in [3.8, 4) is 0 Å². The summed E-state index contributed by atoms with van der Waals surface area (Å²) in [5.74, 6) is -0.664. The van der Waals surface area contributed by atoms with Crippen LogP contribution in [0.4, 0.5) is 8.78 Å². The lowest BCUT2D eigenvalue weighted by atomic mass is 10.0. The highest BCUT2D eigenvalue weighted by Crippen LogP contribution is 2.28. The number of ketones is 1. The second-order valence-electron chi connectivity index (χ2n) is 3.84. The molecule has 4 heteroatoms. The zero-order valence-electron chi connectivity index (χ0n) is 8.71. The first-order valence-electron chi connectivity index (χ1n) is 5.29. The van der Waals surface area contributed by atoms with Crippen LogP contribution in [0.2, 0.25) is 0 Å². The quantitative estimate of drug-likeness (QED) is 0.739. The number of rotatable bonds is 2. The molecule has 1 atom stereocenters. The summed E-state index contributed by atoms with van der Waals surface area (Å²) in [7, 11) is 0. The van der Waals surface area contributed by atoms with Crippen molar-refractivity contribution in [2.45, 2.75) is 24.5 Å². The van der Waals surface area contributed by atoms with Crippen molar-refractivity contribution in [3.05, 3.63) is 35.4 Å². The second-order valence-corrected chi connectivity index (χ2v) is 5.15. The van der Waals surface area contributed by atoms with E-state index in [1.54, 1.807) is 11.8 Å². The normalized spacial score (nSPS) is 20.8. The molecular formula is C12H12F2OS. The smallest absolute Gasteiger partial charge is 0.178 e. The molecule has 0 radical (unpaired) electrons. The van der Waals surface area contributed by atoms with Gasteiger partial charge in [-0.25, -0.2) is 8.78 Å². The van der Waals surface area contributed by atoms with Gasteiger partial charge >= 0.3 is 0 Å². The van der Waals surface area contributed by atoms with E-state index in [9.17, 15) is 13.6 Å². The van der Waals surface area contributed by atoms with Gasteiger partial charge in [0.2, 0.25) is 0 Å². The Labute approximate surface area is 97.2 Å². The van der Waals surface area contributed by atoms with Crippen molar-refractivity contribution in [1.29, 1.82) is 0 Å². The van der Waals surface area contributed by atoms with Crippen LogP contribution in [-0.2, 0) is 0 Å². The predicted octanol–water partition coefficient (Wildman–Crippen LogP) is 3.43. The summed E-state index contributed by atoms with van der Waals surface area (Å²) in [5.41, 5.74) is 0.0146. The molecule has 1 fully saturated rings. The van der Waals surface area contributed by atoms with Gasteiger partial charge in [0.25, 0.3) is 0 Å². The predicted molar refractivity (Wildman–Crippen MR) is 60.8 cm³/mol. The highest BCUT2D eigenvalue weighted by molar-refractivity contribution is 8.00. The average Bonchev–Trinajstić information content (AvgIpc) is 2.29. The molecule has 0 amide bonds. The van der Waals surface area contributed by atoms with Gasteiger partial charge in [-0.05, 0) is 30.7 Å². The molecule has 86 valence electrons. The summed E-state index contributed by atoms with van der Waals surface area (Å²) in [6.07, 6.45) is 2.91. The minimum Gasteiger partial charge on any atom is -0.293 e. The summed E-state index contributed by atoms with van der Waals surface area (Å²) >= 11 is 1.57. The molecule has 16 heavy (non-hydrogen) atoms. The third-order valence-electron chi connectivity index (χ3n) is 2.67. The molecule has 0 spiro atoms. The van der Waals surface area contributed by atoms with Crippen molar-refractivity contribution >= 4 is 17.5 Å². The first kappa shape index (κ1) is 11.6. The number of hydrogen-bond acceptors (Lipinski definition) is 2. The van der Waals surface area contributed by atoms with Crippen LogP contribution in [0.25, 0.3) is 0 Å². The number of hydrogen-bond donors (Lipinski definition) is 0. The molecule has 1 aliphatic heterocycles. The van der Waals surface area contributed by atoms with Gasteiger partial charge in [0.15, 0.2) is 5.78 Å². The van der Waals surface area contributed by atoms with E-state index in [-0.39, 0.29) is 16.6 Å². The number of halogens is 2. The van der Waals surface area contributed by atoms with Gasteiger partial charge in [-0.1, -0.05) is 6.42 Å². The highest BCUT2D eigenvalue weighted by Gasteiger charge is 2.25. The largest absolute Gasteiger partial charge is 0.293 e. The lowest BCUT2D eigenvalue weighted by Gasteiger charge is -2.20. The van der Waals surface area contributed by atoms with Gasteiger partial charge in [0, 0.05) is 6.07 Å². The Bertz CT molecular complexity index is 400. The Morgan fingerprint density at radius 3 is 2.75 bits per heavy atom. The monoisotopic (exact) mass is 242 g/mol. The topological polar surface area (TPSA) is 17.1 Å². The Balaban J connectivity index is 2.19. The van der Waals surface area contributed by atoms with Crippen LogP contribution in [0.1, 0.15) is 29.6 Å². The molecule has 1 heterocycles. The highest BCUT2D eigenvalue weighted by atomic mass is 32.2.